The van der Waals surface area contributed by atoms with Gasteiger partial charge in [0.2, 0.25) is 10.0 Å². The Labute approximate surface area is 144 Å². The molecule has 128 valence electrons. The Balaban J connectivity index is 1.74. The van der Waals surface area contributed by atoms with Crippen LogP contribution in [0.3, 0.4) is 0 Å². The fourth-order valence-electron chi connectivity index (χ4n) is 2.75. The summed E-state index contributed by atoms with van der Waals surface area (Å²) in [4.78, 5) is 4.24. The molecule has 0 aliphatic heterocycles. The molecule has 0 aliphatic rings. The summed E-state index contributed by atoms with van der Waals surface area (Å²) in [6, 6.07) is 8.07. The van der Waals surface area contributed by atoms with Crippen LogP contribution in [0.5, 0.6) is 0 Å². The number of fused-ring (bicyclic) bond motifs is 1. The third-order valence-electron chi connectivity index (χ3n) is 4.00. The second-order valence-electron chi connectivity index (χ2n) is 5.64. The highest BCUT2D eigenvalue weighted by Crippen LogP contribution is 2.24. The molecule has 2 N–H and O–H groups in total. The van der Waals surface area contributed by atoms with Crippen LogP contribution in [-0.4, -0.2) is 19.9 Å². The highest BCUT2D eigenvalue weighted by molar-refractivity contribution is 7.91. The molecule has 0 atom stereocenters. The molecule has 4 nitrogen and oxygen atoms in total. The molecule has 0 radical (unpaired) electrons. The Morgan fingerprint density at radius 1 is 1.25 bits per heavy atom. The number of hydrogen-bond acceptors (Lipinski definition) is 3. The van der Waals surface area contributed by atoms with Crippen molar-refractivity contribution >= 4 is 32.3 Å². The van der Waals surface area contributed by atoms with Crippen molar-refractivity contribution in [2.75, 3.05) is 6.54 Å². The number of hydrogen-bond donors (Lipinski definition) is 2. The second-order valence-corrected chi connectivity index (χ2v) is 8.80. The van der Waals surface area contributed by atoms with Gasteiger partial charge in [0, 0.05) is 28.0 Å². The van der Waals surface area contributed by atoms with Gasteiger partial charge in [-0.1, -0.05) is 6.92 Å². The number of aromatic amines is 1. The summed E-state index contributed by atoms with van der Waals surface area (Å²) in [5, 5.41) is 0.802. The van der Waals surface area contributed by atoms with Crippen molar-refractivity contribution in [3.8, 4) is 0 Å². The summed E-state index contributed by atoms with van der Waals surface area (Å²) in [7, 11) is -3.49. The van der Waals surface area contributed by atoms with Gasteiger partial charge in [-0.05, 0) is 55.7 Å². The molecule has 0 unspecified atom stereocenters. The predicted octanol–water partition coefficient (Wildman–Crippen LogP) is 3.76. The van der Waals surface area contributed by atoms with Crippen LogP contribution < -0.4 is 4.72 Å². The number of thiophene rings is 1. The van der Waals surface area contributed by atoms with Crippen LogP contribution in [0.15, 0.2) is 34.5 Å². The number of nitrogens with one attached hydrogen (secondary N) is 2. The van der Waals surface area contributed by atoms with Gasteiger partial charge in [0.25, 0.3) is 0 Å². The van der Waals surface area contributed by atoms with E-state index in [0.29, 0.717) is 10.6 Å². The molecule has 0 spiro atoms. The first-order valence-electron chi connectivity index (χ1n) is 7.76. The maximum Gasteiger partial charge on any atom is 0.250 e. The number of H-pyrrole nitrogens is 1. The highest BCUT2D eigenvalue weighted by atomic mass is 32.2. The second kappa shape index (κ2) is 6.66. The Bertz CT molecular complexity index is 974. The van der Waals surface area contributed by atoms with Gasteiger partial charge in [-0.15, -0.1) is 11.3 Å². The average Bonchev–Trinajstić information content (AvgIpc) is 3.13. The molecule has 0 saturated carbocycles. The lowest BCUT2D eigenvalue weighted by atomic mass is 10.1. The minimum Gasteiger partial charge on any atom is -0.358 e. The molecular formula is C17H19FN2O2S2. The molecule has 24 heavy (non-hydrogen) atoms. The first-order valence-corrected chi connectivity index (χ1v) is 10.1. The van der Waals surface area contributed by atoms with Crippen molar-refractivity contribution in [2.45, 2.75) is 30.9 Å². The number of benzene rings is 1. The normalized spacial score (nSPS) is 12.1. The van der Waals surface area contributed by atoms with E-state index in [4.69, 9.17) is 0 Å². The molecule has 0 bridgehead atoms. The fourth-order valence-corrected chi connectivity index (χ4v) is 5.12. The maximum absolute atomic E-state index is 13.5. The fraction of sp³-hybridized carbons (Fsp3) is 0.294. The number of rotatable bonds is 6. The first-order chi connectivity index (χ1) is 11.4. The predicted molar refractivity (Wildman–Crippen MR) is 95.6 cm³/mol. The van der Waals surface area contributed by atoms with Crippen LogP contribution in [0.4, 0.5) is 4.39 Å². The zero-order valence-electron chi connectivity index (χ0n) is 13.5. The number of aromatic nitrogens is 1. The van der Waals surface area contributed by atoms with Crippen LogP contribution in [0.25, 0.3) is 10.9 Å². The van der Waals surface area contributed by atoms with Crippen molar-refractivity contribution in [1.29, 1.82) is 0 Å². The first kappa shape index (κ1) is 17.1. The van der Waals surface area contributed by atoms with Gasteiger partial charge < -0.3 is 4.98 Å². The van der Waals surface area contributed by atoms with Gasteiger partial charge in [0.15, 0.2) is 0 Å². The molecule has 0 saturated heterocycles. The molecule has 2 heterocycles. The molecule has 0 fully saturated rings. The molecule has 1 aromatic carbocycles. The van der Waals surface area contributed by atoms with E-state index in [-0.39, 0.29) is 12.4 Å². The average molecular weight is 366 g/mol. The largest absolute Gasteiger partial charge is 0.358 e. The van der Waals surface area contributed by atoms with E-state index >= 15 is 0 Å². The van der Waals surface area contributed by atoms with Gasteiger partial charge in [-0.3, -0.25) is 0 Å². The zero-order chi connectivity index (χ0) is 17.3. The number of sulfonamides is 1. The number of halogens is 1. The Morgan fingerprint density at radius 2 is 2.04 bits per heavy atom. The SMILES string of the molecule is CCc1ccc(S(=O)(=O)NCCc2c(C)[nH]c3ccc(F)cc23)s1. The van der Waals surface area contributed by atoms with Crippen LogP contribution in [0.2, 0.25) is 0 Å². The van der Waals surface area contributed by atoms with Crippen molar-refractivity contribution in [1.82, 2.24) is 9.71 Å². The van der Waals surface area contributed by atoms with Gasteiger partial charge in [-0.25, -0.2) is 17.5 Å². The third kappa shape index (κ3) is 3.38. The van der Waals surface area contributed by atoms with Crippen molar-refractivity contribution in [3.05, 3.63) is 52.3 Å². The van der Waals surface area contributed by atoms with Gasteiger partial charge in [-0.2, -0.15) is 0 Å². The topological polar surface area (TPSA) is 62.0 Å². The quantitative estimate of drug-likeness (QED) is 0.698. The Kier molecular flexibility index (Phi) is 4.76. The van der Waals surface area contributed by atoms with Gasteiger partial charge in [0.1, 0.15) is 10.0 Å². The summed E-state index contributed by atoms with van der Waals surface area (Å²) < 4.78 is 41.1. The third-order valence-corrected chi connectivity index (χ3v) is 7.18. The molecule has 7 heteroatoms. The van der Waals surface area contributed by atoms with E-state index < -0.39 is 10.0 Å². The Hall–Kier alpha value is -1.70. The van der Waals surface area contributed by atoms with Gasteiger partial charge in [0.05, 0.1) is 0 Å². The van der Waals surface area contributed by atoms with Crippen LogP contribution in [-0.2, 0) is 22.9 Å². The summed E-state index contributed by atoms with van der Waals surface area (Å²) in [6.45, 7) is 4.18. The van der Waals surface area contributed by atoms with Gasteiger partial charge >= 0.3 is 0 Å². The van der Waals surface area contributed by atoms with E-state index in [1.54, 1.807) is 12.1 Å². The standard InChI is InChI=1S/C17H19FN2O2S2/c1-3-13-5-7-17(23-13)24(21,22)19-9-8-14-11(2)20-16-6-4-12(18)10-15(14)16/h4-7,10,19-20H,3,8-9H2,1-2H3. The van der Waals surface area contributed by atoms with E-state index in [2.05, 4.69) is 9.71 Å². The lowest BCUT2D eigenvalue weighted by molar-refractivity contribution is 0.583. The van der Waals surface area contributed by atoms with Crippen molar-refractivity contribution in [2.24, 2.45) is 0 Å². The summed E-state index contributed by atoms with van der Waals surface area (Å²) in [6.07, 6.45) is 1.32. The number of aryl methyl sites for hydroxylation is 2. The summed E-state index contributed by atoms with van der Waals surface area (Å²) >= 11 is 1.29. The molecule has 3 rings (SSSR count). The monoisotopic (exact) mass is 366 g/mol. The Morgan fingerprint density at radius 3 is 2.75 bits per heavy atom. The molecule has 3 aromatic rings. The van der Waals surface area contributed by atoms with E-state index in [1.165, 1.54) is 23.5 Å². The van der Waals surface area contributed by atoms with Crippen molar-refractivity contribution in [3.63, 3.8) is 0 Å². The summed E-state index contributed by atoms with van der Waals surface area (Å²) in [5.74, 6) is -0.297. The molecule has 0 aliphatic carbocycles. The molecule has 2 aromatic heterocycles. The summed E-state index contributed by atoms with van der Waals surface area (Å²) in [5.41, 5.74) is 2.73. The minimum absolute atomic E-state index is 0.270. The van der Waals surface area contributed by atoms with Crippen LogP contribution >= 0.6 is 11.3 Å². The van der Waals surface area contributed by atoms with Crippen molar-refractivity contribution < 1.29 is 12.8 Å². The van der Waals surface area contributed by atoms with E-state index in [1.807, 2.05) is 19.9 Å². The van der Waals surface area contributed by atoms with E-state index in [0.717, 1.165) is 33.5 Å². The van der Waals surface area contributed by atoms with Crippen LogP contribution in [0, 0.1) is 12.7 Å². The minimum atomic E-state index is -3.49. The smallest absolute Gasteiger partial charge is 0.250 e. The maximum atomic E-state index is 13.5. The molecule has 0 amide bonds. The van der Waals surface area contributed by atoms with Crippen LogP contribution in [0.1, 0.15) is 23.1 Å². The lowest BCUT2D eigenvalue weighted by Gasteiger charge is -2.05. The highest BCUT2D eigenvalue weighted by Gasteiger charge is 2.17. The molecular weight excluding hydrogens is 347 g/mol. The van der Waals surface area contributed by atoms with E-state index in [9.17, 15) is 12.8 Å². The lowest BCUT2D eigenvalue weighted by Crippen LogP contribution is -2.25. The zero-order valence-corrected chi connectivity index (χ0v) is 15.2.